The highest BCUT2D eigenvalue weighted by Crippen LogP contribution is 2.12. The predicted octanol–water partition coefficient (Wildman–Crippen LogP) is 1.10. The lowest BCUT2D eigenvalue weighted by Gasteiger charge is -1.99. The number of aromatic nitrogens is 4. The zero-order chi connectivity index (χ0) is 11.7. The van der Waals surface area contributed by atoms with Gasteiger partial charge >= 0.3 is 5.97 Å². The van der Waals surface area contributed by atoms with Crippen LogP contribution in [0.5, 0.6) is 0 Å². The number of nitrogens with zero attached hydrogens (tertiary/aromatic N) is 4. The van der Waals surface area contributed by atoms with Crippen LogP contribution in [-0.4, -0.2) is 31.1 Å². The second kappa shape index (κ2) is 4.01. The molecule has 16 heavy (non-hydrogen) atoms. The van der Waals surface area contributed by atoms with Crippen LogP contribution in [0.25, 0.3) is 0 Å². The largest absolute Gasteiger partial charge is 0.476 e. The van der Waals surface area contributed by atoms with Crippen LogP contribution in [0.4, 0.5) is 0 Å². The molecule has 1 N–H and O–H groups in total. The van der Waals surface area contributed by atoms with Crippen molar-refractivity contribution in [2.24, 2.45) is 0 Å². The summed E-state index contributed by atoms with van der Waals surface area (Å²) in [4.78, 5) is 15.0. The third-order valence-electron chi connectivity index (χ3n) is 2.14. The smallest absolute Gasteiger partial charge is 0.358 e. The number of rotatable bonds is 3. The molecule has 0 spiro atoms. The van der Waals surface area contributed by atoms with E-state index in [-0.39, 0.29) is 5.69 Å². The van der Waals surface area contributed by atoms with Gasteiger partial charge in [0.15, 0.2) is 5.69 Å². The molecular formula is C9H10N4O2S. The maximum atomic E-state index is 10.8. The van der Waals surface area contributed by atoms with Gasteiger partial charge in [0, 0.05) is 11.1 Å². The fraction of sp³-hybridized carbons (Fsp3) is 0.333. The van der Waals surface area contributed by atoms with E-state index < -0.39 is 5.97 Å². The zero-order valence-electron chi connectivity index (χ0n) is 8.84. The van der Waals surface area contributed by atoms with Gasteiger partial charge < -0.3 is 5.11 Å². The first-order chi connectivity index (χ1) is 7.58. The Labute approximate surface area is 95.6 Å². The third-order valence-corrected chi connectivity index (χ3v) is 3.09. The molecule has 0 saturated heterocycles. The lowest BCUT2D eigenvalue weighted by molar-refractivity contribution is 0.0689. The van der Waals surface area contributed by atoms with Crippen LogP contribution in [-0.2, 0) is 6.54 Å². The molecule has 0 aliphatic rings. The van der Waals surface area contributed by atoms with E-state index >= 15 is 0 Å². The molecule has 0 aromatic carbocycles. The summed E-state index contributed by atoms with van der Waals surface area (Å²) in [5.41, 5.74) is 1.49. The van der Waals surface area contributed by atoms with Crippen LogP contribution >= 0.6 is 11.3 Å². The van der Waals surface area contributed by atoms with Crippen molar-refractivity contribution in [3.63, 3.8) is 0 Å². The molecule has 0 aliphatic carbocycles. The van der Waals surface area contributed by atoms with E-state index in [1.165, 1.54) is 11.3 Å². The molecule has 0 fully saturated rings. The number of aromatic carboxylic acids is 1. The van der Waals surface area contributed by atoms with Gasteiger partial charge in [-0.3, -0.25) is 0 Å². The van der Waals surface area contributed by atoms with Crippen molar-refractivity contribution in [3.8, 4) is 0 Å². The SMILES string of the molecule is Cc1csc(Cn2nnc(C(=O)O)c2C)n1. The summed E-state index contributed by atoms with van der Waals surface area (Å²) in [5, 5.41) is 19.1. The van der Waals surface area contributed by atoms with E-state index in [2.05, 4.69) is 15.3 Å². The molecule has 7 heteroatoms. The standard InChI is InChI=1S/C9H10N4O2S/c1-5-4-16-7(10-5)3-13-6(2)8(9(14)15)11-12-13/h4H,3H2,1-2H3,(H,14,15). The summed E-state index contributed by atoms with van der Waals surface area (Å²) in [6.45, 7) is 4.06. The lowest BCUT2D eigenvalue weighted by Crippen LogP contribution is -2.05. The van der Waals surface area contributed by atoms with Gasteiger partial charge in [0.25, 0.3) is 0 Å². The summed E-state index contributed by atoms with van der Waals surface area (Å²) < 4.78 is 1.54. The molecule has 0 unspecified atom stereocenters. The lowest BCUT2D eigenvalue weighted by atomic mass is 10.3. The highest BCUT2D eigenvalue weighted by Gasteiger charge is 2.15. The van der Waals surface area contributed by atoms with Crippen molar-refractivity contribution in [1.29, 1.82) is 0 Å². The topological polar surface area (TPSA) is 80.9 Å². The van der Waals surface area contributed by atoms with Crippen molar-refractivity contribution in [2.75, 3.05) is 0 Å². The first-order valence-electron chi connectivity index (χ1n) is 4.62. The molecule has 0 bridgehead atoms. The molecule has 84 valence electrons. The molecule has 0 aliphatic heterocycles. The molecule has 2 rings (SSSR count). The Balaban J connectivity index is 2.25. The quantitative estimate of drug-likeness (QED) is 0.865. The van der Waals surface area contributed by atoms with E-state index in [9.17, 15) is 4.79 Å². The number of hydrogen-bond acceptors (Lipinski definition) is 5. The van der Waals surface area contributed by atoms with E-state index in [4.69, 9.17) is 5.11 Å². The van der Waals surface area contributed by atoms with Gasteiger partial charge in [-0.1, -0.05) is 5.21 Å². The molecular weight excluding hydrogens is 228 g/mol. The van der Waals surface area contributed by atoms with Crippen LogP contribution in [0, 0.1) is 13.8 Å². The second-order valence-electron chi connectivity index (χ2n) is 3.37. The van der Waals surface area contributed by atoms with Gasteiger partial charge in [-0.2, -0.15) is 0 Å². The second-order valence-corrected chi connectivity index (χ2v) is 4.31. The van der Waals surface area contributed by atoms with Crippen molar-refractivity contribution >= 4 is 17.3 Å². The monoisotopic (exact) mass is 238 g/mol. The van der Waals surface area contributed by atoms with Gasteiger partial charge in [0.1, 0.15) is 5.01 Å². The number of hydrogen-bond donors (Lipinski definition) is 1. The van der Waals surface area contributed by atoms with Gasteiger partial charge in [0.2, 0.25) is 0 Å². The van der Waals surface area contributed by atoms with Gasteiger partial charge in [-0.05, 0) is 13.8 Å². The van der Waals surface area contributed by atoms with E-state index in [0.29, 0.717) is 12.2 Å². The minimum Gasteiger partial charge on any atom is -0.476 e. The first-order valence-corrected chi connectivity index (χ1v) is 5.50. The number of aryl methyl sites for hydroxylation is 1. The van der Waals surface area contributed by atoms with Crippen molar-refractivity contribution in [2.45, 2.75) is 20.4 Å². The Kier molecular flexibility index (Phi) is 2.69. The van der Waals surface area contributed by atoms with Crippen molar-refractivity contribution in [3.05, 3.63) is 27.5 Å². The Hall–Kier alpha value is -1.76. The summed E-state index contributed by atoms with van der Waals surface area (Å²) in [6.07, 6.45) is 0. The summed E-state index contributed by atoms with van der Waals surface area (Å²) in [5.74, 6) is -1.06. The fourth-order valence-electron chi connectivity index (χ4n) is 1.31. The Morgan fingerprint density at radius 2 is 2.31 bits per heavy atom. The minimum atomic E-state index is -1.06. The van der Waals surface area contributed by atoms with Gasteiger partial charge in [-0.25, -0.2) is 14.5 Å². The van der Waals surface area contributed by atoms with Gasteiger partial charge in [0.05, 0.1) is 12.2 Å². The summed E-state index contributed by atoms with van der Waals surface area (Å²) in [6, 6.07) is 0. The van der Waals surface area contributed by atoms with Gasteiger partial charge in [-0.15, -0.1) is 16.4 Å². The molecule has 2 aromatic rings. The minimum absolute atomic E-state index is 0.00622. The highest BCUT2D eigenvalue weighted by atomic mass is 32.1. The maximum Gasteiger partial charge on any atom is 0.358 e. The molecule has 0 atom stereocenters. The molecule has 0 amide bonds. The third kappa shape index (κ3) is 1.94. The normalized spacial score (nSPS) is 10.6. The predicted molar refractivity (Wildman–Crippen MR) is 57.7 cm³/mol. The Morgan fingerprint density at radius 3 is 2.81 bits per heavy atom. The average Bonchev–Trinajstić information content (AvgIpc) is 2.76. The maximum absolute atomic E-state index is 10.8. The van der Waals surface area contributed by atoms with Crippen LogP contribution in [0.3, 0.4) is 0 Å². The average molecular weight is 238 g/mol. The number of thiazole rings is 1. The summed E-state index contributed by atoms with van der Waals surface area (Å²) in [7, 11) is 0. The zero-order valence-corrected chi connectivity index (χ0v) is 9.65. The number of carbonyl (C=O) groups is 1. The summed E-state index contributed by atoms with van der Waals surface area (Å²) >= 11 is 1.52. The van der Waals surface area contributed by atoms with Crippen LogP contribution < -0.4 is 0 Å². The number of carboxylic acids is 1. The van der Waals surface area contributed by atoms with Crippen molar-refractivity contribution in [1.82, 2.24) is 20.0 Å². The molecule has 6 nitrogen and oxygen atoms in total. The Morgan fingerprint density at radius 1 is 1.56 bits per heavy atom. The molecule has 2 heterocycles. The van der Waals surface area contributed by atoms with Crippen molar-refractivity contribution < 1.29 is 9.90 Å². The van der Waals surface area contributed by atoms with E-state index in [0.717, 1.165) is 10.7 Å². The molecule has 0 saturated carbocycles. The van der Waals surface area contributed by atoms with Crippen LogP contribution in [0.1, 0.15) is 26.9 Å². The fourth-order valence-corrected chi connectivity index (χ4v) is 2.06. The molecule has 0 radical (unpaired) electrons. The number of carboxylic acid groups (broad SMARTS) is 1. The van der Waals surface area contributed by atoms with E-state index in [1.807, 2.05) is 12.3 Å². The first kappa shape index (κ1) is 10.7. The van der Waals surface area contributed by atoms with Crippen LogP contribution in [0.15, 0.2) is 5.38 Å². The molecule has 2 aromatic heterocycles. The highest BCUT2D eigenvalue weighted by molar-refractivity contribution is 7.09. The van der Waals surface area contributed by atoms with E-state index in [1.54, 1.807) is 11.6 Å². The Bertz CT molecular complexity index is 531. The van der Waals surface area contributed by atoms with Crippen LogP contribution in [0.2, 0.25) is 0 Å².